The minimum Gasteiger partial charge on any atom is -0.365 e. The minimum absolute atomic E-state index is 0.000950. The Morgan fingerprint density at radius 1 is 1.55 bits per heavy atom. The number of nitriles is 1. The number of halogens is 3. The number of hydrogen-bond acceptors (Lipinski definition) is 4. The lowest BCUT2D eigenvalue weighted by molar-refractivity contribution is -0.233. The molecule has 0 bridgehead atoms. The quantitative estimate of drug-likeness (QED) is 0.836. The number of amides is 1. The van der Waals surface area contributed by atoms with E-state index in [1.54, 1.807) is 6.07 Å². The van der Waals surface area contributed by atoms with Crippen LogP contribution < -0.4 is 5.56 Å². The molecule has 1 atom stereocenters. The van der Waals surface area contributed by atoms with Crippen molar-refractivity contribution in [3.05, 3.63) is 33.2 Å². The molecule has 6 nitrogen and oxygen atoms in total. The van der Waals surface area contributed by atoms with E-state index in [-0.39, 0.29) is 30.0 Å². The Bertz CT molecular complexity index is 690. The first-order valence-electron chi connectivity index (χ1n) is 6.35. The molecule has 1 saturated heterocycles. The number of morpholine rings is 1. The van der Waals surface area contributed by atoms with Gasteiger partial charge < -0.3 is 14.6 Å². The number of rotatable bonds is 1. The van der Waals surface area contributed by atoms with Gasteiger partial charge in [-0.15, -0.1) is 0 Å². The van der Waals surface area contributed by atoms with Crippen LogP contribution in [0.15, 0.2) is 10.9 Å². The highest BCUT2D eigenvalue weighted by Crippen LogP contribution is 2.26. The average Bonchev–Trinajstić information content (AvgIpc) is 2.46. The maximum absolute atomic E-state index is 12.7. The predicted molar refractivity (Wildman–Crippen MR) is 68.2 cm³/mol. The number of alkyl halides is 3. The highest BCUT2D eigenvalue weighted by molar-refractivity contribution is 5.95. The van der Waals surface area contributed by atoms with Crippen LogP contribution in [-0.4, -0.2) is 47.8 Å². The topological polar surface area (TPSA) is 86.2 Å². The lowest BCUT2D eigenvalue weighted by Crippen LogP contribution is -2.51. The molecule has 1 aromatic heterocycles. The summed E-state index contributed by atoms with van der Waals surface area (Å²) in [6, 6.07) is 2.73. The number of carbonyl (C=O) groups is 1. The Morgan fingerprint density at radius 3 is 2.82 bits per heavy atom. The van der Waals surface area contributed by atoms with Gasteiger partial charge in [-0.05, 0) is 13.0 Å². The molecule has 118 valence electrons. The van der Waals surface area contributed by atoms with Gasteiger partial charge in [0, 0.05) is 12.2 Å². The van der Waals surface area contributed by atoms with Gasteiger partial charge in [-0.2, -0.15) is 18.4 Å². The van der Waals surface area contributed by atoms with Gasteiger partial charge in [-0.1, -0.05) is 0 Å². The van der Waals surface area contributed by atoms with Crippen molar-refractivity contribution < 1.29 is 22.7 Å². The summed E-state index contributed by atoms with van der Waals surface area (Å²) in [5.41, 5.74) is -0.718. The molecular weight excluding hydrogens is 303 g/mol. The lowest BCUT2D eigenvalue weighted by atomic mass is 10.1. The maximum atomic E-state index is 12.7. The molecule has 1 aliphatic heterocycles. The van der Waals surface area contributed by atoms with Gasteiger partial charge >= 0.3 is 6.18 Å². The van der Waals surface area contributed by atoms with Crippen LogP contribution in [0.4, 0.5) is 13.2 Å². The van der Waals surface area contributed by atoms with Gasteiger partial charge in [-0.3, -0.25) is 9.59 Å². The summed E-state index contributed by atoms with van der Waals surface area (Å²) >= 11 is 0. The van der Waals surface area contributed by atoms with Crippen molar-refractivity contribution in [2.24, 2.45) is 0 Å². The number of aryl methyl sites for hydroxylation is 1. The van der Waals surface area contributed by atoms with Gasteiger partial charge in [0.15, 0.2) is 6.10 Å². The molecule has 0 spiro atoms. The molecule has 0 radical (unpaired) electrons. The van der Waals surface area contributed by atoms with Crippen LogP contribution in [0.2, 0.25) is 0 Å². The molecule has 1 aliphatic rings. The third-order valence-electron chi connectivity index (χ3n) is 3.31. The molecule has 0 unspecified atom stereocenters. The summed E-state index contributed by atoms with van der Waals surface area (Å²) in [7, 11) is 0. The van der Waals surface area contributed by atoms with Crippen LogP contribution in [0.25, 0.3) is 0 Å². The molecule has 2 heterocycles. The van der Waals surface area contributed by atoms with Crippen molar-refractivity contribution in [1.29, 1.82) is 5.26 Å². The molecule has 9 heteroatoms. The lowest BCUT2D eigenvalue weighted by Gasteiger charge is -2.34. The van der Waals surface area contributed by atoms with Gasteiger partial charge in [0.1, 0.15) is 11.6 Å². The third-order valence-corrected chi connectivity index (χ3v) is 3.31. The summed E-state index contributed by atoms with van der Waals surface area (Å²) in [6.07, 6.45) is -6.60. The fourth-order valence-corrected chi connectivity index (χ4v) is 2.13. The summed E-state index contributed by atoms with van der Waals surface area (Å²) in [5, 5.41) is 8.81. The second-order valence-corrected chi connectivity index (χ2v) is 4.81. The van der Waals surface area contributed by atoms with Crippen molar-refractivity contribution in [3.8, 4) is 6.07 Å². The molecule has 1 N–H and O–H groups in total. The molecule has 1 fully saturated rings. The molecule has 22 heavy (non-hydrogen) atoms. The van der Waals surface area contributed by atoms with Crippen LogP contribution in [0.1, 0.15) is 21.6 Å². The normalized spacial score (nSPS) is 18.9. The minimum atomic E-state index is -4.56. The Labute approximate surface area is 123 Å². The molecule has 0 saturated carbocycles. The summed E-state index contributed by atoms with van der Waals surface area (Å²) in [5.74, 6) is -0.678. The molecule has 0 aromatic carbocycles. The third kappa shape index (κ3) is 3.12. The Morgan fingerprint density at radius 2 is 2.23 bits per heavy atom. The summed E-state index contributed by atoms with van der Waals surface area (Å²) < 4.78 is 42.7. The van der Waals surface area contributed by atoms with Crippen molar-refractivity contribution in [2.75, 3.05) is 19.7 Å². The van der Waals surface area contributed by atoms with Gasteiger partial charge in [-0.25, -0.2) is 0 Å². The van der Waals surface area contributed by atoms with E-state index in [1.807, 2.05) is 0 Å². The second-order valence-electron chi connectivity index (χ2n) is 4.81. The molecule has 1 amide bonds. The number of aromatic nitrogens is 1. The van der Waals surface area contributed by atoms with Crippen molar-refractivity contribution in [3.63, 3.8) is 0 Å². The highest BCUT2D eigenvalue weighted by Gasteiger charge is 2.44. The van der Waals surface area contributed by atoms with Crippen molar-refractivity contribution in [1.82, 2.24) is 9.88 Å². The second kappa shape index (κ2) is 5.81. The maximum Gasteiger partial charge on any atom is 0.416 e. The van der Waals surface area contributed by atoms with Crippen LogP contribution in [0, 0.1) is 18.3 Å². The summed E-state index contributed by atoms with van der Waals surface area (Å²) in [6.45, 7) is 0.593. The van der Waals surface area contributed by atoms with E-state index in [0.29, 0.717) is 0 Å². The van der Waals surface area contributed by atoms with E-state index >= 15 is 0 Å². The fraction of sp³-hybridized carbons (Fsp3) is 0.462. The first-order chi connectivity index (χ1) is 10.2. The van der Waals surface area contributed by atoms with E-state index in [9.17, 15) is 22.8 Å². The molecular formula is C13H12F3N3O3. The fourth-order valence-electron chi connectivity index (χ4n) is 2.13. The van der Waals surface area contributed by atoms with Crippen LogP contribution in [0.3, 0.4) is 0 Å². The highest BCUT2D eigenvalue weighted by atomic mass is 19.4. The average molecular weight is 315 g/mol. The van der Waals surface area contributed by atoms with E-state index in [4.69, 9.17) is 5.26 Å². The Kier molecular flexibility index (Phi) is 4.23. The zero-order valence-electron chi connectivity index (χ0n) is 11.5. The number of carbonyl (C=O) groups excluding carboxylic acids is 1. The number of ether oxygens (including phenoxy) is 1. The van der Waals surface area contributed by atoms with Crippen LogP contribution >= 0.6 is 0 Å². The first kappa shape index (κ1) is 16.0. The number of nitrogens with one attached hydrogen (secondary N) is 1. The SMILES string of the molecule is Cc1[nH]c(=O)c(C#N)cc1C(=O)N1CCO[C@H](C(F)(F)F)C1. The number of aromatic amines is 1. The standard InChI is InChI=1S/C13H12F3N3O3/c1-7-9(4-8(5-17)11(20)18-7)12(21)19-2-3-22-10(6-19)13(14,15)16/h4,10H,2-3,6H2,1H3,(H,18,20)/t10-/m0/s1. The van der Waals surface area contributed by atoms with Gasteiger partial charge in [0.2, 0.25) is 0 Å². The Hall–Kier alpha value is -2.34. The smallest absolute Gasteiger partial charge is 0.365 e. The summed E-state index contributed by atoms with van der Waals surface area (Å²) in [4.78, 5) is 27.1. The van der Waals surface area contributed by atoms with Gasteiger partial charge in [0.25, 0.3) is 11.5 Å². The first-order valence-corrected chi connectivity index (χ1v) is 6.35. The number of hydrogen-bond donors (Lipinski definition) is 1. The number of nitrogens with zero attached hydrogens (tertiary/aromatic N) is 2. The van der Waals surface area contributed by atoms with Crippen LogP contribution in [0.5, 0.6) is 0 Å². The largest absolute Gasteiger partial charge is 0.416 e. The van der Waals surface area contributed by atoms with Gasteiger partial charge in [0.05, 0.1) is 18.7 Å². The van der Waals surface area contributed by atoms with E-state index in [2.05, 4.69) is 9.72 Å². The molecule has 2 rings (SSSR count). The number of pyridine rings is 1. The Balaban J connectivity index is 2.29. The predicted octanol–water partition coefficient (Wildman–Crippen LogP) is 0.958. The molecule has 1 aromatic rings. The molecule has 0 aliphatic carbocycles. The van der Waals surface area contributed by atoms with E-state index in [1.165, 1.54) is 6.92 Å². The van der Waals surface area contributed by atoms with Crippen LogP contribution in [-0.2, 0) is 4.74 Å². The number of H-pyrrole nitrogens is 1. The van der Waals surface area contributed by atoms with E-state index in [0.717, 1.165) is 11.0 Å². The van der Waals surface area contributed by atoms with Crippen molar-refractivity contribution in [2.45, 2.75) is 19.2 Å². The van der Waals surface area contributed by atoms with Crippen molar-refractivity contribution >= 4 is 5.91 Å². The zero-order chi connectivity index (χ0) is 16.5. The van der Waals surface area contributed by atoms with E-state index < -0.39 is 30.3 Å². The monoisotopic (exact) mass is 315 g/mol. The zero-order valence-corrected chi connectivity index (χ0v) is 11.5.